The summed E-state index contributed by atoms with van der Waals surface area (Å²) in [6, 6.07) is 9.66. The van der Waals surface area contributed by atoms with Gasteiger partial charge in [0.15, 0.2) is 0 Å². The zero-order chi connectivity index (χ0) is 17.1. The molecule has 0 fully saturated rings. The third-order valence-corrected chi connectivity index (χ3v) is 4.80. The number of aryl methyl sites for hydroxylation is 1. The summed E-state index contributed by atoms with van der Waals surface area (Å²) in [5.41, 5.74) is 2.76. The summed E-state index contributed by atoms with van der Waals surface area (Å²) < 4.78 is 5.02. The standard InChI is InChI=1S/C18H18N2O3S/c1-3-23-18(22)17-11(2)8-16(24-17)20-15(21)9-12-10-19-14-7-5-4-6-13(12)14/h4-8,10,19H,3,9H2,1-2H3,(H,20,21). The fraction of sp³-hybridized carbons (Fsp3) is 0.222. The number of aromatic nitrogens is 1. The predicted molar refractivity (Wildman–Crippen MR) is 95.6 cm³/mol. The Kier molecular flexibility index (Phi) is 4.66. The van der Waals surface area contributed by atoms with Gasteiger partial charge in [-0.05, 0) is 37.1 Å². The Hall–Kier alpha value is -2.60. The van der Waals surface area contributed by atoms with Crippen LogP contribution in [0, 0.1) is 6.92 Å². The largest absolute Gasteiger partial charge is 0.462 e. The van der Waals surface area contributed by atoms with Gasteiger partial charge in [0.2, 0.25) is 5.91 Å². The molecule has 2 N–H and O–H groups in total. The van der Waals surface area contributed by atoms with Gasteiger partial charge in [-0.1, -0.05) is 18.2 Å². The lowest BCUT2D eigenvalue weighted by atomic mass is 10.1. The smallest absolute Gasteiger partial charge is 0.348 e. The van der Waals surface area contributed by atoms with E-state index in [1.54, 1.807) is 13.0 Å². The lowest BCUT2D eigenvalue weighted by molar-refractivity contribution is -0.115. The van der Waals surface area contributed by atoms with Crippen LogP contribution in [0.5, 0.6) is 0 Å². The Bertz CT molecular complexity index is 895. The number of aromatic amines is 1. The number of carbonyl (C=O) groups excluding carboxylic acids is 2. The van der Waals surface area contributed by atoms with Crippen LogP contribution < -0.4 is 5.32 Å². The van der Waals surface area contributed by atoms with Gasteiger partial charge in [-0.3, -0.25) is 4.79 Å². The van der Waals surface area contributed by atoms with Gasteiger partial charge in [0, 0.05) is 17.1 Å². The number of amides is 1. The number of thiophene rings is 1. The minimum absolute atomic E-state index is 0.114. The number of nitrogens with one attached hydrogen (secondary N) is 2. The zero-order valence-corrected chi connectivity index (χ0v) is 14.3. The van der Waals surface area contributed by atoms with Crippen molar-refractivity contribution in [1.82, 2.24) is 4.98 Å². The Labute approximate surface area is 143 Å². The van der Waals surface area contributed by atoms with Crippen LogP contribution in [0.4, 0.5) is 5.00 Å². The highest BCUT2D eigenvalue weighted by molar-refractivity contribution is 7.18. The molecule has 0 atom stereocenters. The highest BCUT2D eigenvalue weighted by Gasteiger charge is 2.16. The number of hydrogen-bond acceptors (Lipinski definition) is 4. The predicted octanol–water partition coefficient (Wildman–Crippen LogP) is 3.90. The third kappa shape index (κ3) is 3.33. The average Bonchev–Trinajstić information content (AvgIpc) is 3.12. The normalized spacial score (nSPS) is 10.8. The van der Waals surface area contributed by atoms with Crippen LogP contribution in [-0.4, -0.2) is 23.5 Å². The Morgan fingerprint density at radius 3 is 2.88 bits per heavy atom. The van der Waals surface area contributed by atoms with Crippen molar-refractivity contribution in [3.05, 3.63) is 52.5 Å². The molecule has 124 valence electrons. The Morgan fingerprint density at radius 1 is 1.29 bits per heavy atom. The molecular weight excluding hydrogens is 324 g/mol. The molecule has 0 radical (unpaired) electrons. The zero-order valence-electron chi connectivity index (χ0n) is 13.5. The molecule has 0 unspecified atom stereocenters. The Morgan fingerprint density at radius 2 is 2.08 bits per heavy atom. The fourth-order valence-corrected chi connectivity index (χ4v) is 3.56. The first kappa shape index (κ1) is 16.3. The lowest BCUT2D eigenvalue weighted by Crippen LogP contribution is -2.13. The monoisotopic (exact) mass is 342 g/mol. The third-order valence-electron chi connectivity index (χ3n) is 3.67. The molecule has 0 aliphatic rings. The molecule has 0 saturated heterocycles. The van der Waals surface area contributed by atoms with Crippen LogP contribution in [0.3, 0.4) is 0 Å². The molecule has 0 bridgehead atoms. The molecule has 24 heavy (non-hydrogen) atoms. The maximum atomic E-state index is 12.3. The molecule has 5 nitrogen and oxygen atoms in total. The van der Waals surface area contributed by atoms with Crippen molar-refractivity contribution in [2.45, 2.75) is 20.3 Å². The van der Waals surface area contributed by atoms with Crippen molar-refractivity contribution in [2.24, 2.45) is 0 Å². The number of carbonyl (C=O) groups is 2. The summed E-state index contributed by atoms with van der Waals surface area (Å²) in [7, 11) is 0. The number of ether oxygens (including phenoxy) is 1. The van der Waals surface area contributed by atoms with Crippen molar-refractivity contribution in [1.29, 1.82) is 0 Å². The lowest BCUT2D eigenvalue weighted by Gasteiger charge is -2.02. The molecule has 3 aromatic rings. The summed E-state index contributed by atoms with van der Waals surface area (Å²) in [4.78, 5) is 27.8. The number of esters is 1. The quantitative estimate of drug-likeness (QED) is 0.691. The van der Waals surface area contributed by atoms with Gasteiger partial charge in [-0.15, -0.1) is 11.3 Å². The molecule has 1 amide bonds. The number of H-pyrrole nitrogens is 1. The first-order valence-corrected chi connectivity index (χ1v) is 8.52. The van der Waals surface area contributed by atoms with E-state index in [4.69, 9.17) is 4.74 Å². The number of anilines is 1. The number of rotatable bonds is 5. The highest BCUT2D eigenvalue weighted by Crippen LogP contribution is 2.27. The maximum absolute atomic E-state index is 12.3. The molecular formula is C18H18N2O3S. The summed E-state index contributed by atoms with van der Waals surface area (Å²) >= 11 is 1.24. The number of para-hydroxylation sites is 1. The summed E-state index contributed by atoms with van der Waals surface area (Å²) in [5.74, 6) is -0.464. The molecule has 0 saturated carbocycles. The minimum atomic E-state index is -0.350. The number of benzene rings is 1. The second kappa shape index (κ2) is 6.88. The van der Waals surface area contributed by atoms with Crippen LogP contribution in [0.1, 0.15) is 27.7 Å². The molecule has 0 aliphatic heterocycles. The summed E-state index contributed by atoms with van der Waals surface area (Å²) in [5, 5.41) is 4.56. The summed E-state index contributed by atoms with van der Waals surface area (Å²) in [6.45, 7) is 3.93. The van der Waals surface area contributed by atoms with Gasteiger partial charge in [0.05, 0.1) is 18.0 Å². The van der Waals surface area contributed by atoms with Gasteiger partial charge in [-0.25, -0.2) is 4.79 Å². The summed E-state index contributed by atoms with van der Waals surface area (Å²) in [6.07, 6.45) is 2.13. The molecule has 6 heteroatoms. The van der Waals surface area contributed by atoms with Crippen molar-refractivity contribution >= 4 is 39.1 Å². The minimum Gasteiger partial charge on any atom is -0.462 e. The van der Waals surface area contributed by atoms with Crippen LogP contribution in [0.2, 0.25) is 0 Å². The van der Waals surface area contributed by atoms with Crippen LogP contribution in [0.15, 0.2) is 36.5 Å². The maximum Gasteiger partial charge on any atom is 0.348 e. The Balaban J connectivity index is 1.71. The van der Waals surface area contributed by atoms with Gasteiger partial charge in [0.1, 0.15) is 4.88 Å². The molecule has 0 spiro atoms. The van der Waals surface area contributed by atoms with Crippen LogP contribution >= 0.6 is 11.3 Å². The molecule has 2 aromatic heterocycles. The SMILES string of the molecule is CCOC(=O)c1sc(NC(=O)Cc2c[nH]c3ccccc23)cc1C. The first-order valence-electron chi connectivity index (χ1n) is 7.71. The van der Waals surface area contributed by atoms with E-state index in [-0.39, 0.29) is 18.3 Å². The van der Waals surface area contributed by atoms with Gasteiger partial charge >= 0.3 is 5.97 Å². The molecule has 3 rings (SSSR count). The molecule has 0 aliphatic carbocycles. The van der Waals surface area contributed by atoms with E-state index < -0.39 is 0 Å². The highest BCUT2D eigenvalue weighted by atomic mass is 32.1. The van der Waals surface area contributed by atoms with Crippen molar-refractivity contribution in [2.75, 3.05) is 11.9 Å². The van der Waals surface area contributed by atoms with Gasteiger partial charge in [-0.2, -0.15) is 0 Å². The van der Waals surface area contributed by atoms with Crippen LogP contribution in [-0.2, 0) is 16.0 Å². The van der Waals surface area contributed by atoms with E-state index in [9.17, 15) is 9.59 Å². The first-order chi connectivity index (χ1) is 11.6. The molecule has 1 aromatic carbocycles. The van der Waals surface area contributed by atoms with Crippen molar-refractivity contribution in [3.63, 3.8) is 0 Å². The topological polar surface area (TPSA) is 71.2 Å². The second-order valence-corrected chi connectivity index (χ2v) is 6.48. The van der Waals surface area contributed by atoms with E-state index in [1.807, 2.05) is 37.4 Å². The number of hydrogen-bond donors (Lipinski definition) is 2. The van der Waals surface area contributed by atoms with Crippen molar-refractivity contribution in [3.8, 4) is 0 Å². The van der Waals surface area contributed by atoms with Gasteiger partial charge in [0.25, 0.3) is 0 Å². The van der Waals surface area contributed by atoms with E-state index >= 15 is 0 Å². The van der Waals surface area contributed by atoms with E-state index in [2.05, 4.69) is 10.3 Å². The van der Waals surface area contributed by atoms with E-state index in [0.717, 1.165) is 22.0 Å². The van der Waals surface area contributed by atoms with E-state index in [1.165, 1.54) is 11.3 Å². The average molecular weight is 342 g/mol. The van der Waals surface area contributed by atoms with Crippen molar-refractivity contribution < 1.29 is 14.3 Å². The van der Waals surface area contributed by atoms with E-state index in [0.29, 0.717) is 16.5 Å². The number of fused-ring (bicyclic) bond motifs is 1. The van der Waals surface area contributed by atoms with Gasteiger partial charge < -0.3 is 15.0 Å². The fourth-order valence-electron chi connectivity index (χ4n) is 2.58. The van der Waals surface area contributed by atoms with Crippen LogP contribution in [0.25, 0.3) is 10.9 Å². The second-order valence-electron chi connectivity index (χ2n) is 5.43. The molecule has 2 heterocycles.